The van der Waals surface area contributed by atoms with Crippen LogP contribution in [-0.4, -0.2) is 5.78 Å². The zero-order valence-corrected chi connectivity index (χ0v) is 7.26. The average molecular weight is 212 g/mol. The van der Waals surface area contributed by atoms with Crippen LogP contribution in [0.4, 0.5) is 0 Å². The summed E-state index contributed by atoms with van der Waals surface area (Å²) in [6.07, 6.45) is 0.667. The van der Waals surface area contributed by atoms with Crippen LogP contribution >= 0.6 is 0 Å². The molecule has 0 aromatic carbocycles. The molecule has 0 amide bonds. The van der Waals surface area contributed by atoms with Gasteiger partial charge in [-0.2, -0.15) is 0 Å². The first-order valence-corrected chi connectivity index (χ1v) is 1.76. The van der Waals surface area contributed by atoms with E-state index in [9.17, 15) is 4.79 Å². The molecular formula is C4H8CeO. The molecule has 0 bridgehead atoms. The molecule has 0 aliphatic rings. The van der Waals surface area contributed by atoms with Gasteiger partial charge in [-0.3, -0.25) is 0 Å². The number of hydrogen-bond acceptors (Lipinski definition) is 1. The SMILES string of the molecule is CCC(C)=O.[Ce]. The Morgan fingerprint density at radius 3 is 1.83 bits per heavy atom. The van der Waals surface area contributed by atoms with Crippen molar-refractivity contribution in [3.63, 3.8) is 0 Å². The molecule has 0 heterocycles. The molecule has 0 atom stereocenters. The molecule has 0 aliphatic heterocycles. The van der Waals surface area contributed by atoms with E-state index in [1.807, 2.05) is 6.92 Å². The molecule has 34 valence electrons. The minimum absolute atomic E-state index is 0. The summed E-state index contributed by atoms with van der Waals surface area (Å²) in [5.74, 6) is 0.255. The van der Waals surface area contributed by atoms with Crippen molar-refractivity contribution in [1.82, 2.24) is 0 Å². The second-order valence-corrected chi connectivity index (χ2v) is 1.06. The smallest absolute Gasteiger partial charge is 0.129 e. The molecule has 0 aromatic heterocycles. The number of ketones is 1. The third-order valence-electron chi connectivity index (χ3n) is 0.498. The van der Waals surface area contributed by atoms with Gasteiger partial charge in [0.1, 0.15) is 5.78 Å². The monoisotopic (exact) mass is 212 g/mol. The zero-order chi connectivity index (χ0) is 4.28. The fraction of sp³-hybridized carbons (Fsp3) is 0.750. The van der Waals surface area contributed by atoms with E-state index in [0.717, 1.165) is 0 Å². The number of carbonyl (C=O) groups excluding carboxylic acids is 1. The van der Waals surface area contributed by atoms with Crippen molar-refractivity contribution in [3.8, 4) is 0 Å². The molecule has 0 rings (SSSR count). The van der Waals surface area contributed by atoms with Gasteiger partial charge in [0.2, 0.25) is 0 Å². The van der Waals surface area contributed by atoms with Crippen LogP contribution in [0.15, 0.2) is 0 Å². The maximum absolute atomic E-state index is 9.81. The molecule has 0 unspecified atom stereocenters. The van der Waals surface area contributed by atoms with Crippen molar-refractivity contribution in [2.75, 3.05) is 0 Å². The van der Waals surface area contributed by atoms with E-state index in [2.05, 4.69) is 0 Å². The standard InChI is InChI=1S/C4H8O.Ce/c1-3-4(2)5;/h3H2,1-2H3;. The molecule has 0 saturated heterocycles. The molecular weight excluding hydrogens is 204 g/mol. The minimum atomic E-state index is 0. The summed E-state index contributed by atoms with van der Waals surface area (Å²) in [5.41, 5.74) is 0. The summed E-state index contributed by atoms with van der Waals surface area (Å²) in [4.78, 5) is 9.81. The van der Waals surface area contributed by atoms with Crippen LogP contribution in [0.5, 0.6) is 0 Å². The fourth-order valence-corrected chi connectivity index (χ4v) is 0. The Kier molecular flexibility index (Phi) is 10.2. The summed E-state index contributed by atoms with van der Waals surface area (Å²) >= 11 is 0. The third kappa shape index (κ3) is 8.90. The van der Waals surface area contributed by atoms with Crippen LogP contribution < -0.4 is 0 Å². The number of rotatable bonds is 1. The zero-order valence-electron chi connectivity index (χ0n) is 4.12. The van der Waals surface area contributed by atoms with Gasteiger partial charge in [0, 0.05) is 48.2 Å². The Hall–Kier alpha value is 1.05. The van der Waals surface area contributed by atoms with Crippen molar-refractivity contribution >= 4 is 5.78 Å². The molecule has 2 heteroatoms. The Labute approximate surface area is 71.9 Å². The molecule has 6 heavy (non-hydrogen) atoms. The summed E-state index contributed by atoms with van der Waals surface area (Å²) < 4.78 is 0. The second-order valence-electron chi connectivity index (χ2n) is 1.06. The van der Waals surface area contributed by atoms with Gasteiger partial charge in [0.15, 0.2) is 0 Å². The molecule has 0 N–H and O–H groups in total. The fourth-order valence-electron chi connectivity index (χ4n) is 0. The quantitative estimate of drug-likeness (QED) is 0.633. The Bertz CT molecular complexity index is 42.8. The van der Waals surface area contributed by atoms with Gasteiger partial charge < -0.3 is 4.79 Å². The van der Waals surface area contributed by atoms with Crippen LogP contribution in [0.25, 0.3) is 0 Å². The molecule has 0 saturated carbocycles. The summed E-state index contributed by atoms with van der Waals surface area (Å²) in [6.45, 7) is 3.43. The van der Waals surface area contributed by atoms with Gasteiger partial charge in [-0.15, -0.1) is 0 Å². The van der Waals surface area contributed by atoms with Gasteiger partial charge >= 0.3 is 0 Å². The molecule has 0 fully saturated rings. The number of Topliss-reactive ketones (excluding diaryl/α,β-unsaturated/α-hetero) is 1. The Morgan fingerprint density at radius 2 is 1.83 bits per heavy atom. The maximum Gasteiger partial charge on any atom is 0.129 e. The maximum atomic E-state index is 9.81. The van der Waals surface area contributed by atoms with Crippen molar-refractivity contribution in [3.05, 3.63) is 0 Å². The van der Waals surface area contributed by atoms with Crippen LogP contribution in [-0.2, 0) is 4.79 Å². The van der Waals surface area contributed by atoms with E-state index < -0.39 is 0 Å². The van der Waals surface area contributed by atoms with Gasteiger partial charge in [-0.05, 0) is 6.92 Å². The third-order valence-corrected chi connectivity index (χ3v) is 0.498. The molecule has 0 aromatic rings. The van der Waals surface area contributed by atoms with Crippen LogP contribution in [0.2, 0.25) is 0 Å². The number of hydrogen-bond donors (Lipinski definition) is 0. The topological polar surface area (TPSA) is 17.1 Å². The van der Waals surface area contributed by atoms with Crippen molar-refractivity contribution in [2.45, 2.75) is 20.3 Å². The molecule has 0 spiro atoms. The molecule has 0 aliphatic carbocycles. The molecule has 0 radical (unpaired) electrons. The van der Waals surface area contributed by atoms with Crippen LogP contribution in [0.1, 0.15) is 20.3 Å². The summed E-state index contributed by atoms with van der Waals surface area (Å²) in [7, 11) is 0. The Balaban J connectivity index is 0. The van der Waals surface area contributed by atoms with E-state index >= 15 is 0 Å². The normalized spacial score (nSPS) is 6.33. The van der Waals surface area contributed by atoms with Gasteiger partial charge in [0.25, 0.3) is 0 Å². The summed E-state index contributed by atoms with van der Waals surface area (Å²) in [6, 6.07) is 0. The van der Waals surface area contributed by atoms with Gasteiger partial charge in [-0.1, -0.05) is 6.92 Å². The predicted octanol–water partition coefficient (Wildman–Crippen LogP) is 0.985. The second kappa shape index (κ2) is 6.05. The largest absolute Gasteiger partial charge is 0.300 e. The summed E-state index contributed by atoms with van der Waals surface area (Å²) in [5, 5.41) is 0. The van der Waals surface area contributed by atoms with Crippen molar-refractivity contribution in [2.24, 2.45) is 0 Å². The first-order chi connectivity index (χ1) is 2.27. The average Bonchev–Trinajstić information content (AvgIpc) is 1.38. The van der Waals surface area contributed by atoms with E-state index in [-0.39, 0.29) is 47.5 Å². The van der Waals surface area contributed by atoms with E-state index in [0.29, 0.717) is 6.42 Å². The first-order valence-electron chi connectivity index (χ1n) is 1.76. The predicted molar refractivity (Wildman–Crippen MR) is 21.0 cm³/mol. The Morgan fingerprint density at radius 1 is 1.67 bits per heavy atom. The van der Waals surface area contributed by atoms with E-state index in [4.69, 9.17) is 0 Å². The van der Waals surface area contributed by atoms with E-state index in [1.165, 1.54) is 0 Å². The minimum Gasteiger partial charge on any atom is -0.300 e. The van der Waals surface area contributed by atoms with Crippen LogP contribution in [0.3, 0.4) is 0 Å². The van der Waals surface area contributed by atoms with Gasteiger partial charge in [-0.25, -0.2) is 0 Å². The van der Waals surface area contributed by atoms with Crippen molar-refractivity contribution < 1.29 is 46.5 Å². The van der Waals surface area contributed by atoms with Gasteiger partial charge in [0.05, 0.1) is 0 Å². The first kappa shape index (κ1) is 10.1. The molecule has 1 nitrogen and oxygen atoms in total. The van der Waals surface area contributed by atoms with Crippen LogP contribution in [0, 0.1) is 41.7 Å². The number of carbonyl (C=O) groups is 1. The van der Waals surface area contributed by atoms with Crippen molar-refractivity contribution in [1.29, 1.82) is 0 Å². The van der Waals surface area contributed by atoms with E-state index in [1.54, 1.807) is 6.92 Å².